The zero-order valence-corrected chi connectivity index (χ0v) is 12.3. The van der Waals surface area contributed by atoms with E-state index in [1.165, 1.54) is 23.1 Å². The summed E-state index contributed by atoms with van der Waals surface area (Å²) >= 11 is 5.74. The van der Waals surface area contributed by atoms with Crippen molar-refractivity contribution in [2.45, 2.75) is 18.2 Å². The van der Waals surface area contributed by atoms with Gasteiger partial charge in [-0.2, -0.15) is 0 Å². The van der Waals surface area contributed by atoms with Gasteiger partial charge in [-0.3, -0.25) is 4.79 Å². The molecule has 1 amide bonds. The molecule has 0 heterocycles. The van der Waals surface area contributed by atoms with E-state index >= 15 is 0 Å². The van der Waals surface area contributed by atoms with Gasteiger partial charge in [0, 0.05) is 29.8 Å². The summed E-state index contributed by atoms with van der Waals surface area (Å²) in [5.41, 5.74) is 0.245. The third-order valence-corrected chi connectivity index (χ3v) is 4.15. The van der Waals surface area contributed by atoms with Crippen LogP contribution in [0.3, 0.4) is 0 Å². The minimum Gasteiger partial charge on any atom is -0.342 e. The second-order valence-corrected chi connectivity index (χ2v) is 6.75. The Bertz CT molecular complexity index is 557. The Morgan fingerprint density at radius 2 is 2.00 bits per heavy atom. The molecular weight excluding hydrogens is 297 g/mol. The number of nitrogens with zero attached hydrogens (tertiary/aromatic N) is 1. The lowest BCUT2D eigenvalue weighted by Crippen LogP contribution is -2.27. The molecule has 0 aliphatic carbocycles. The number of rotatable bonds is 4. The molecule has 1 aromatic carbocycles. The predicted octanol–water partition coefficient (Wildman–Crippen LogP) is 2.75. The lowest BCUT2D eigenvalue weighted by Gasteiger charge is -2.16. The monoisotopic (exact) mass is 309 g/mol. The fourth-order valence-electron chi connectivity index (χ4n) is 1.48. The predicted molar refractivity (Wildman–Crippen MR) is 71.7 cm³/mol. The minimum atomic E-state index is -3.96. The first kappa shape index (κ1) is 15.3. The second kappa shape index (κ2) is 5.91. The van der Waals surface area contributed by atoms with Crippen molar-refractivity contribution >= 4 is 37.2 Å². The van der Waals surface area contributed by atoms with Crippen LogP contribution in [0, 0.1) is 0 Å². The first-order valence-corrected chi connectivity index (χ1v) is 7.95. The Hall–Kier alpha value is -0.780. The Balaban J connectivity index is 3.17. The molecule has 0 N–H and O–H groups in total. The van der Waals surface area contributed by atoms with Crippen molar-refractivity contribution < 1.29 is 13.2 Å². The number of halogens is 2. The molecule has 0 radical (unpaired) electrons. The normalized spacial score (nSPS) is 11.3. The Kier molecular flexibility index (Phi) is 5.01. The number of amides is 1. The largest absolute Gasteiger partial charge is 0.342 e. The van der Waals surface area contributed by atoms with E-state index in [0.29, 0.717) is 6.54 Å². The summed E-state index contributed by atoms with van der Waals surface area (Å²) in [4.78, 5) is 13.2. The maximum atomic E-state index is 12.0. The molecule has 0 aliphatic rings. The Morgan fingerprint density at radius 3 is 2.50 bits per heavy atom. The highest BCUT2D eigenvalue weighted by Crippen LogP contribution is 2.26. The summed E-state index contributed by atoms with van der Waals surface area (Å²) in [6.07, 6.45) is 0.816. The van der Waals surface area contributed by atoms with Crippen molar-refractivity contribution in [3.05, 3.63) is 28.8 Å². The molecule has 0 spiro atoms. The van der Waals surface area contributed by atoms with E-state index in [9.17, 15) is 13.2 Å². The molecule has 0 atom stereocenters. The van der Waals surface area contributed by atoms with E-state index in [4.69, 9.17) is 22.3 Å². The average Bonchev–Trinajstić information content (AvgIpc) is 2.27. The van der Waals surface area contributed by atoms with E-state index in [0.717, 1.165) is 6.42 Å². The van der Waals surface area contributed by atoms with Crippen molar-refractivity contribution in [3.63, 3.8) is 0 Å². The smallest absolute Gasteiger partial charge is 0.262 e. The maximum Gasteiger partial charge on any atom is 0.262 e. The van der Waals surface area contributed by atoms with E-state index in [1.807, 2.05) is 6.92 Å². The van der Waals surface area contributed by atoms with Gasteiger partial charge in [-0.05, 0) is 24.6 Å². The second-order valence-electron chi connectivity index (χ2n) is 3.81. The molecule has 0 aliphatic heterocycles. The number of benzene rings is 1. The van der Waals surface area contributed by atoms with Gasteiger partial charge in [0.25, 0.3) is 15.0 Å². The van der Waals surface area contributed by atoms with Crippen molar-refractivity contribution in [2.75, 3.05) is 13.6 Å². The van der Waals surface area contributed by atoms with Gasteiger partial charge in [0.15, 0.2) is 0 Å². The zero-order valence-electron chi connectivity index (χ0n) is 9.98. The standard InChI is InChI=1S/C11H13Cl2NO3S/c1-3-6-14(2)11(15)8-4-5-9(12)10(7-8)18(13,16)17/h4-5,7H,3,6H2,1-2H3. The first-order chi connectivity index (χ1) is 8.27. The van der Waals surface area contributed by atoms with Crippen LogP contribution in [0.2, 0.25) is 5.02 Å². The Morgan fingerprint density at radius 1 is 1.39 bits per heavy atom. The highest BCUT2D eigenvalue weighted by Gasteiger charge is 2.19. The Labute approximate surface area is 116 Å². The maximum absolute atomic E-state index is 12.0. The van der Waals surface area contributed by atoms with Crippen molar-refractivity contribution in [1.29, 1.82) is 0 Å². The third kappa shape index (κ3) is 3.60. The molecule has 4 nitrogen and oxygen atoms in total. The molecule has 0 unspecified atom stereocenters. The van der Waals surface area contributed by atoms with Crippen LogP contribution >= 0.6 is 22.3 Å². The summed E-state index contributed by atoms with van der Waals surface area (Å²) in [6, 6.07) is 4.02. The fraction of sp³-hybridized carbons (Fsp3) is 0.364. The average molecular weight is 310 g/mol. The van der Waals surface area contributed by atoms with E-state index < -0.39 is 9.05 Å². The highest BCUT2D eigenvalue weighted by atomic mass is 35.7. The first-order valence-electron chi connectivity index (χ1n) is 5.27. The van der Waals surface area contributed by atoms with E-state index in [1.54, 1.807) is 7.05 Å². The van der Waals surface area contributed by atoms with Gasteiger partial charge >= 0.3 is 0 Å². The summed E-state index contributed by atoms with van der Waals surface area (Å²) in [5, 5.41) is -0.000283. The van der Waals surface area contributed by atoms with Gasteiger partial charge in [-0.1, -0.05) is 18.5 Å². The molecule has 100 valence electrons. The summed E-state index contributed by atoms with van der Waals surface area (Å²) in [5.74, 6) is -0.268. The third-order valence-electron chi connectivity index (χ3n) is 2.35. The number of hydrogen-bond acceptors (Lipinski definition) is 3. The van der Waals surface area contributed by atoms with Gasteiger partial charge in [-0.15, -0.1) is 0 Å². The molecule has 18 heavy (non-hydrogen) atoms. The van der Waals surface area contributed by atoms with Gasteiger partial charge < -0.3 is 4.90 Å². The van der Waals surface area contributed by atoms with Crippen LogP contribution in [-0.4, -0.2) is 32.8 Å². The number of carbonyl (C=O) groups is 1. The molecule has 7 heteroatoms. The van der Waals surface area contributed by atoms with Crippen LogP contribution in [0.25, 0.3) is 0 Å². The van der Waals surface area contributed by atoms with Crippen LogP contribution < -0.4 is 0 Å². The fourth-order valence-corrected chi connectivity index (χ4v) is 2.97. The van der Waals surface area contributed by atoms with Gasteiger partial charge in [0.05, 0.1) is 5.02 Å². The topological polar surface area (TPSA) is 54.5 Å². The van der Waals surface area contributed by atoms with Crippen LogP contribution in [-0.2, 0) is 9.05 Å². The quantitative estimate of drug-likeness (QED) is 0.804. The molecular formula is C11H13Cl2NO3S. The summed E-state index contributed by atoms with van der Waals surface area (Å²) in [6.45, 7) is 2.53. The molecule has 1 rings (SSSR count). The molecule has 0 saturated heterocycles. The van der Waals surface area contributed by atoms with Crippen LogP contribution in [0.15, 0.2) is 23.1 Å². The summed E-state index contributed by atoms with van der Waals surface area (Å²) < 4.78 is 22.6. The minimum absolute atomic E-state index is 0.000283. The number of hydrogen-bond donors (Lipinski definition) is 0. The van der Waals surface area contributed by atoms with Crippen LogP contribution in [0.1, 0.15) is 23.7 Å². The zero-order chi connectivity index (χ0) is 13.9. The lowest BCUT2D eigenvalue weighted by molar-refractivity contribution is 0.0795. The summed E-state index contributed by atoms with van der Waals surface area (Å²) in [7, 11) is 2.93. The number of carbonyl (C=O) groups excluding carboxylic acids is 1. The molecule has 0 aromatic heterocycles. The van der Waals surface area contributed by atoms with Gasteiger partial charge in [0.1, 0.15) is 4.90 Å². The molecule has 0 fully saturated rings. The van der Waals surface area contributed by atoms with Crippen molar-refractivity contribution in [1.82, 2.24) is 4.90 Å². The molecule has 0 saturated carbocycles. The van der Waals surface area contributed by atoms with Crippen molar-refractivity contribution in [2.24, 2.45) is 0 Å². The molecule has 0 bridgehead atoms. The van der Waals surface area contributed by atoms with Crippen LogP contribution in [0.5, 0.6) is 0 Å². The highest BCUT2D eigenvalue weighted by molar-refractivity contribution is 8.13. The lowest BCUT2D eigenvalue weighted by atomic mass is 10.2. The van der Waals surface area contributed by atoms with Crippen molar-refractivity contribution in [3.8, 4) is 0 Å². The molecule has 1 aromatic rings. The SMILES string of the molecule is CCCN(C)C(=O)c1ccc(Cl)c(S(=O)(=O)Cl)c1. The van der Waals surface area contributed by atoms with Gasteiger partial charge in [-0.25, -0.2) is 8.42 Å². The van der Waals surface area contributed by atoms with E-state index in [-0.39, 0.29) is 21.4 Å². The van der Waals surface area contributed by atoms with Crippen LogP contribution in [0.4, 0.5) is 0 Å². The van der Waals surface area contributed by atoms with E-state index in [2.05, 4.69) is 0 Å². The van der Waals surface area contributed by atoms with Gasteiger partial charge in [0.2, 0.25) is 0 Å².